The van der Waals surface area contributed by atoms with Crippen LogP contribution in [0.3, 0.4) is 0 Å². The van der Waals surface area contributed by atoms with E-state index in [1.807, 2.05) is 0 Å². The summed E-state index contributed by atoms with van der Waals surface area (Å²) in [5, 5.41) is 3.13. The lowest BCUT2D eigenvalue weighted by atomic mass is 10.0. The monoisotopic (exact) mass is 490 g/mol. The van der Waals surface area contributed by atoms with E-state index in [1.165, 1.54) is 40.6 Å². The van der Waals surface area contributed by atoms with Gasteiger partial charge in [0.05, 0.1) is 56.5 Å². The molecule has 36 heavy (non-hydrogen) atoms. The Labute approximate surface area is 206 Å². The molecule has 0 aliphatic rings. The van der Waals surface area contributed by atoms with Gasteiger partial charge in [0.2, 0.25) is 5.75 Å². The molecule has 4 aromatic rings. The summed E-state index contributed by atoms with van der Waals surface area (Å²) < 4.78 is 35.5. The van der Waals surface area contributed by atoms with Crippen LogP contribution in [0.5, 0.6) is 17.2 Å². The number of para-hydroxylation sites is 1. The second kappa shape index (κ2) is 10.3. The first-order chi connectivity index (χ1) is 17.4. The molecular formula is C27H23FN2O6. The van der Waals surface area contributed by atoms with E-state index < -0.39 is 17.7 Å². The summed E-state index contributed by atoms with van der Waals surface area (Å²) in [4.78, 5) is 29.9. The summed E-state index contributed by atoms with van der Waals surface area (Å²) in [5.74, 6) is -0.653. The third kappa shape index (κ3) is 4.63. The van der Waals surface area contributed by atoms with Gasteiger partial charge in [0.1, 0.15) is 5.82 Å². The Kier molecular flexibility index (Phi) is 7.00. The van der Waals surface area contributed by atoms with Gasteiger partial charge in [-0.2, -0.15) is 0 Å². The number of esters is 1. The van der Waals surface area contributed by atoms with Crippen LogP contribution in [-0.2, 0) is 4.74 Å². The molecule has 0 radical (unpaired) electrons. The van der Waals surface area contributed by atoms with E-state index in [9.17, 15) is 14.0 Å². The van der Waals surface area contributed by atoms with Crippen LogP contribution in [0, 0.1) is 5.82 Å². The first-order valence-corrected chi connectivity index (χ1v) is 10.8. The molecule has 3 aromatic carbocycles. The SMILES string of the molecule is COC(=O)c1ccc(F)c(NC(=O)c2cc(-c3cc(OC)c(OC)c(OC)c3)nc3ccccc23)c1. The second-order valence-electron chi connectivity index (χ2n) is 7.63. The summed E-state index contributed by atoms with van der Waals surface area (Å²) in [6, 6.07) is 15.7. The number of carbonyl (C=O) groups excluding carboxylic acids is 2. The highest BCUT2D eigenvalue weighted by Crippen LogP contribution is 2.41. The van der Waals surface area contributed by atoms with E-state index in [0.29, 0.717) is 39.4 Å². The molecule has 0 saturated heterocycles. The van der Waals surface area contributed by atoms with Gasteiger partial charge in [-0.05, 0) is 42.5 Å². The van der Waals surface area contributed by atoms with Crippen molar-refractivity contribution in [3.8, 4) is 28.5 Å². The van der Waals surface area contributed by atoms with E-state index in [2.05, 4.69) is 10.1 Å². The molecule has 184 valence electrons. The zero-order valence-electron chi connectivity index (χ0n) is 20.0. The van der Waals surface area contributed by atoms with Crippen LogP contribution in [0.2, 0.25) is 0 Å². The number of nitrogens with zero attached hydrogens (tertiary/aromatic N) is 1. The number of halogens is 1. The molecule has 0 aliphatic heterocycles. The molecule has 0 spiro atoms. The van der Waals surface area contributed by atoms with Crippen molar-refractivity contribution in [2.45, 2.75) is 0 Å². The minimum atomic E-state index is -0.695. The molecule has 1 amide bonds. The minimum absolute atomic E-state index is 0.104. The molecule has 9 heteroatoms. The van der Waals surface area contributed by atoms with Crippen LogP contribution >= 0.6 is 0 Å². The van der Waals surface area contributed by atoms with Crippen LogP contribution < -0.4 is 19.5 Å². The maximum Gasteiger partial charge on any atom is 0.337 e. The highest BCUT2D eigenvalue weighted by Gasteiger charge is 2.19. The second-order valence-corrected chi connectivity index (χ2v) is 7.63. The van der Waals surface area contributed by atoms with Crippen LogP contribution in [0.1, 0.15) is 20.7 Å². The molecule has 0 unspecified atom stereocenters. The predicted molar refractivity (Wildman–Crippen MR) is 133 cm³/mol. The number of amides is 1. The topological polar surface area (TPSA) is 96.0 Å². The molecule has 1 N–H and O–H groups in total. The highest BCUT2D eigenvalue weighted by atomic mass is 19.1. The Bertz CT molecular complexity index is 1450. The quantitative estimate of drug-likeness (QED) is 0.360. The van der Waals surface area contributed by atoms with Crippen LogP contribution in [0.25, 0.3) is 22.2 Å². The van der Waals surface area contributed by atoms with E-state index >= 15 is 0 Å². The molecule has 1 heterocycles. The summed E-state index contributed by atoms with van der Waals surface area (Å²) in [7, 11) is 5.73. The van der Waals surface area contributed by atoms with Gasteiger partial charge in [-0.3, -0.25) is 4.79 Å². The smallest absolute Gasteiger partial charge is 0.337 e. The predicted octanol–water partition coefficient (Wildman–Crippen LogP) is 5.11. The number of anilines is 1. The Hall–Kier alpha value is -4.66. The number of hydrogen-bond acceptors (Lipinski definition) is 7. The average Bonchev–Trinajstić information content (AvgIpc) is 2.92. The fraction of sp³-hybridized carbons (Fsp3) is 0.148. The lowest BCUT2D eigenvalue weighted by Crippen LogP contribution is -2.15. The fourth-order valence-electron chi connectivity index (χ4n) is 3.80. The molecule has 0 aliphatic carbocycles. The highest BCUT2D eigenvalue weighted by molar-refractivity contribution is 6.13. The number of rotatable bonds is 7. The van der Waals surface area contributed by atoms with Gasteiger partial charge in [-0.25, -0.2) is 14.2 Å². The van der Waals surface area contributed by atoms with E-state index in [1.54, 1.807) is 42.5 Å². The van der Waals surface area contributed by atoms with Gasteiger partial charge in [0, 0.05) is 10.9 Å². The number of pyridine rings is 1. The average molecular weight is 490 g/mol. The zero-order valence-corrected chi connectivity index (χ0v) is 20.0. The Morgan fingerprint density at radius 3 is 2.19 bits per heavy atom. The molecule has 4 rings (SSSR count). The van der Waals surface area contributed by atoms with Crippen molar-refractivity contribution < 1.29 is 32.9 Å². The molecule has 8 nitrogen and oxygen atoms in total. The number of fused-ring (bicyclic) bond motifs is 1. The minimum Gasteiger partial charge on any atom is -0.493 e. The number of hydrogen-bond donors (Lipinski definition) is 1. The Balaban J connectivity index is 1.83. The molecule has 0 atom stereocenters. The standard InChI is InChI=1S/C27H23FN2O6/c1-33-23-12-16(13-24(34-2)25(23)35-3)21-14-18(17-7-5-6-8-20(17)29-21)26(31)30-22-11-15(27(32)36-4)9-10-19(22)28/h5-14H,1-4H3,(H,30,31). The number of ether oxygens (including phenoxy) is 4. The van der Waals surface area contributed by atoms with Crippen LogP contribution in [0.15, 0.2) is 60.7 Å². The van der Waals surface area contributed by atoms with Crippen LogP contribution in [0.4, 0.5) is 10.1 Å². The normalized spacial score (nSPS) is 10.6. The van der Waals surface area contributed by atoms with Crippen LogP contribution in [-0.4, -0.2) is 45.3 Å². The third-order valence-electron chi connectivity index (χ3n) is 5.56. The summed E-state index contributed by atoms with van der Waals surface area (Å²) in [6.07, 6.45) is 0. The van der Waals surface area contributed by atoms with E-state index in [-0.39, 0.29) is 16.8 Å². The van der Waals surface area contributed by atoms with Crippen molar-refractivity contribution in [1.29, 1.82) is 0 Å². The first kappa shape index (κ1) is 24.5. The number of methoxy groups -OCH3 is 4. The number of nitrogens with one attached hydrogen (secondary N) is 1. The first-order valence-electron chi connectivity index (χ1n) is 10.8. The molecule has 0 saturated carbocycles. The summed E-state index contributed by atoms with van der Waals surface area (Å²) in [6.45, 7) is 0. The number of carbonyl (C=O) groups is 2. The Morgan fingerprint density at radius 2 is 1.56 bits per heavy atom. The van der Waals surface area contributed by atoms with Crippen molar-refractivity contribution in [1.82, 2.24) is 4.98 Å². The number of aromatic nitrogens is 1. The fourth-order valence-corrected chi connectivity index (χ4v) is 3.80. The molecule has 0 bridgehead atoms. The summed E-state index contributed by atoms with van der Waals surface area (Å²) in [5.41, 5.74) is 1.83. The van der Waals surface area contributed by atoms with Crippen molar-refractivity contribution in [2.24, 2.45) is 0 Å². The van der Waals surface area contributed by atoms with Crippen molar-refractivity contribution >= 4 is 28.5 Å². The largest absolute Gasteiger partial charge is 0.493 e. The van der Waals surface area contributed by atoms with Gasteiger partial charge in [-0.1, -0.05) is 18.2 Å². The van der Waals surface area contributed by atoms with E-state index in [0.717, 1.165) is 6.07 Å². The van der Waals surface area contributed by atoms with Gasteiger partial charge < -0.3 is 24.3 Å². The number of benzene rings is 3. The maximum atomic E-state index is 14.5. The van der Waals surface area contributed by atoms with Gasteiger partial charge in [0.25, 0.3) is 5.91 Å². The van der Waals surface area contributed by atoms with Gasteiger partial charge in [0.15, 0.2) is 11.5 Å². The maximum absolute atomic E-state index is 14.5. The van der Waals surface area contributed by atoms with Crippen molar-refractivity contribution in [3.63, 3.8) is 0 Å². The molecule has 1 aromatic heterocycles. The lowest BCUT2D eigenvalue weighted by molar-refractivity contribution is 0.0600. The third-order valence-corrected chi connectivity index (χ3v) is 5.56. The molecule has 0 fully saturated rings. The van der Waals surface area contributed by atoms with Gasteiger partial charge >= 0.3 is 5.97 Å². The van der Waals surface area contributed by atoms with Crippen molar-refractivity contribution in [3.05, 3.63) is 77.6 Å². The molecular weight excluding hydrogens is 467 g/mol. The zero-order chi connectivity index (χ0) is 25.8. The Morgan fingerprint density at radius 1 is 0.861 bits per heavy atom. The van der Waals surface area contributed by atoms with Gasteiger partial charge in [-0.15, -0.1) is 0 Å². The van der Waals surface area contributed by atoms with Crippen molar-refractivity contribution in [2.75, 3.05) is 33.8 Å². The van der Waals surface area contributed by atoms with E-state index in [4.69, 9.17) is 19.2 Å². The lowest BCUT2D eigenvalue weighted by Gasteiger charge is -2.15. The summed E-state index contributed by atoms with van der Waals surface area (Å²) >= 11 is 0.